The summed E-state index contributed by atoms with van der Waals surface area (Å²) in [5, 5.41) is 5.31. The third-order valence-corrected chi connectivity index (χ3v) is 6.26. The van der Waals surface area contributed by atoms with Gasteiger partial charge in [-0.1, -0.05) is 41.9 Å². The summed E-state index contributed by atoms with van der Waals surface area (Å²) in [6.45, 7) is 0.375. The van der Waals surface area contributed by atoms with Crippen LogP contribution in [0.4, 0.5) is 5.69 Å². The van der Waals surface area contributed by atoms with E-state index in [-0.39, 0.29) is 25.4 Å². The van der Waals surface area contributed by atoms with Gasteiger partial charge in [-0.3, -0.25) is 9.10 Å². The van der Waals surface area contributed by atoms with E-state index in [4.69, 9.17) is 21.1 Å². The zero-order chi connectivity index (χ0) is 22.0. The van der Waals surface area contributed by atoms with Gasteiger partial charge in [-0.25, -0.2) is 8.42 Å². The lowest BCUT2D eigenvalue weighted by molar-refractivity contribution is -0.127. The first-order valence-electron chi connectivity index (χ1n) is 9.64. The molecule has 162 valence electrons. The molecule has 0 saturated carbocycles. The molecule has 0 spiro atoms. The number of hydrogen-bond donors (Lipinski definition) is 1. The average Bonchev–Trinajstić information content (AvgIpc) is 2.75. The Balaban J connectivity index is 1.36. The molecule has 1 amide bonds. The molecule has 1 unspecified atom stereocenters. The summed E-state index contributed by atoms with van der Waals surface area (Å²) >= 11 is 5.99. The van der Waals surface area contributed by atoms with Crippen molar-refractivity contribution in [2.24, 2.45) is 0 Å². The number of nitrogens with one attached hydrogen (secondary N) is 1. The van der Waals surface area contributed by atoms with Gasteiger partial charge in [0.25, 0.3) is 5.91 Å². The fourth-order valence-electron chi connectivity index (χ4n) is 3.39. The van der Waals surface area contributed by atoms with Crippen LogP contribution in [-0.2, 0) is 14.8 Å². The van der Waals surface area contributed by atoms with Crippen LogP contribution in [0.3, 0.4) is 0 Å². The standard InChI is InChI=1S/C22H21ClN2O5S/c1-31(27,28)25-14-21(30-20-9-7-17(23)13-19(20)25)22(26)24-10-11-29-18-8-6-15-4-2-3-5-16(15)12-18/h2-9,12-13,21H,10-11,14H2,1H3,(H,24,26). The van der Waals surface area contributed by atoms with E-state index in [2.05, 4.69) is 5.32 Å². The Bertz CT molecular complexity index is 1230. The lowest BCUT2D eigenvalue weighted by Gasteiger charge is -2.34. The van der Waals surface area contributed by atoms with Crippen molar-refractivity contribution in [3.63, 3.8) is 0 Å². The van der Waals surface area contributed by atoms with Crippen molar-refractivity contribution in [3.05, 3.63) is 65.7 Å². The maximum absolute atomic E-state index is 12.6. The molecule has 3 aromatic rings. The fraction of sp³-hybridized carbons (Fsp3) is 0.227. The molecule has 9 heteroatoms. The molecule has 1 N–H and O–H groups in total. The van der Waals surface area contributed by atoms with Crippen molar-refractivity contribution in [2.75, 3.05) is 30.3 Å². The van der Waals surface area contributed by atoms with Gasteiger partial charge < -0.3 is 14.8 Å². The maximum atomic E-state index is 12.6. The Morgan fingerprint density at radius 2 is 1.94 bits per heavy atom. The zero-order valence-electron chi connectivity index (χ0n) is 16.7. The number of halogens is 1. The Morgan fingerprint density at radius 3 is 2.71 bits per heavy atom. The number of ether oxygens (including phenoxy) is 2. The Kier molecular flexibility index (Phi) is 5.93. The maximum Gasteiger partial charge on any atom is 0.263 e. The van der Waals surface area contributed by atoms with E-state index in [9.17, 15) is 13.2 Å². The first-order valence-corrected chi connectivity index (χ1v) is 11.9. The number of carbonyl (C=O) groups excluding carboxylic acids is 1. The molecule has 0 radical (unpaired) electrons. The van der Waals surface area contributed by atoms with Crippen LogP contribution in [0.2, 0.25) is 5.02 Å². The first kappa shape index (κ1) is 21.3. The second kappa shape index (κ2) is 8.64. The van der Waals surface area contributed by atoms with E-state index >= 15 is 0 Å². The van der Waals surface area contributed by atoms with Crippen LogP contribution in [0.5, 0.6) is 11.5 Å². The molecule has 7 nitrogen and oxygen atoms in total. The third-order valence-electron chi connectivity index (χ3n) is 4.87. The number of fused-ring (bicyclic) bond motifs is 2. The number of benzene rings is 3. The van der Waals surface area contributed by atoms with Crippen LogP contribution in [0, 0.1) is 0 Å². The highest BCUT2D eigenvalue weighted by molar-refractivity contribution is 7.92. The molecule has 1 atom stereocenters. The number of anilines is 1. The molecule has 0 aromatic heterocycles. The summed E-state index contributed by atoms with van der Waals surface area (Å²) in [7, 11) is -3.61. The highest BCUT2D eigenvalue weighted by Crippen LogP contribution is 2.37. The summed E-state index contributed by atoms with van der Waals surface area (Å²) in [6.07, 6.45) is 0.0964. The zero-order valence-corrected chi connectivity index (χ0v) is 18.3. The molecule has 0 saturated heterocycles. The van der Waals surface area contributed by atoms with Gasteiger partial charge in [0, 0.05) is 5.02 Å². The summed E-state index contributed by atoms with van der Waals surface area (Å²) < 4.78 is 37.0. The minimum atomic E-state index is -3.61. The minimum Gasteiger partial charge on any atom is -0.492 e. The van der Waals surface area contributed by atoms with Gasteiger partial charge in [0.1, 0.15) is 18.1 Å². The molecule has 1 aliphatic rings. The van der Waals surface area contributed by atoms with Crippen LogP contribution in [-0.4, -0.2) is 46.4 Å². The van der Waals surface area contributed by atoms with Gasteiger partial charge in [0.15, 0.2) is 6.10 Å². The smallest absolute Gasteiger partial charge is 0.263 e. The van der Waals surface area contributed by atoms with Crippen molar-refractivity contribution in [3.8, 4) is 11.5 Å². The van der Waals surface area contributed by atoms with Gasteiger partial charge in [0.05, 0.1) is 25.0 Å². The van der Waals surface area contributed by atoms with Crippen molar-refractivity contribution in [1.82, 2.24) is 5.32 Å². The van der Waals surface area contributed by atoms with E-state index in [1.54, 1.807) is 12.1 Å². The van der Waals surface area contributed by atoms with E-state index in [1.165, 1.54) is 6.07 Å². The SMILES string of the molecule is CS(=O)(=O)N1CC(C(=O)NCCOc2ccc3ccccc3c2)Oc2ccc(Cl)cc21. The van der Waals surface area contributed by atoms with Crippen molar-refractivity contribution >= 4 is 44.0 Å². The molecule has 3 aromatic carbocycles. The largest absolute Gasteiger partial charge is 0.492 e. The first-order chi connectivity index (χ1) is 14.8. The number of carbonyl (C=O) groups is 1. The Hall–Kier alpha value is -2.97. The highest BCUT2D eigenvalue weighted by atomic mass is 35.5. The van der Waals surface area contributed by atoms with Gasteiger partial charge in [-0.05, 0) is 41.1 Å². The van der Waals surface area contributed by atoms with Crippen LogP contribution >= 0.6 is 11.6 Å². The van der Waals surface area contributed by atoms with Crippen LogP contribution in [0.25, 0.3) is 10.8 Å². The normalized spacial score (nSPS) is 15.8. The van der Waals surface area contributed by atoms with Crippen LogP contribution in [0.15, 0.2) is 60.7 Å². The minimum absolute atomic E-state index is 0.135. The predicted molar refractivity (Wildman–Crippen MR) is 121 cm³/mol. The van der Waals surface area contributed by atoms with Crippen LogP contribution in [0.1, 0.15) is 0 Å². The quantitative estimate of drug-likeness (QED) is 0.571. The van der Waals surface area contributed by atoms with E-state index in [0.717, 1.165) is 21.3 Å². The van der Waals surface area contributed by atoms with Crippen molar-refractivity contribution in [1.29, 1.82) is 0 Å². The molecule has 0 bridgehead atoms. The molecular formula is C22H21ClN2O5S. The second-order valence-corrected chi connectivity index (χ2v) is 9.50. The molecule has 31 heavy (non-hydrogen) atoms. The van der Waals surface area contributed by atoms with Crippen LogP contribution < -0.4 is 19.1 Å². The van der Waals surface area contributed by atoms with Gasteiger partial charge in [0.2, 0.25) is 10.0 Å². The number of rotatable bonds is 6. The van der Waals surface area contributed by atoms with Crippen molar-refractivity contribution in [2.45, 2.75) is 6.10 Å². The Labute approximate surface area is 185 Å². The third kappa shape index (κ3) is 4.86. The van der Waals surface area contributed by atoms with Crippen molar-refractivity contribution < 1.29 is 22.7 Å². The number of sulfonamides is 1. The molecule has 4 rings (SSSR count). The summed E-state index contributed by atoms with van der Waals surface area (Å²) in [5.41, 5.74) is 0.318. The van der Waals surface area contributed by atoms with E-state index in [0.29, 0.717) is 16.5 Å². The molecule has 1 aliphatic heterocycles. The van der Waals surface area contributed by atoms with E-state index in [1.807, 2.05) is 42.5 Å². The summed E-state index contributed by atoms with van der Waals surface area (Å²) in [5.74, 6) is 0.570. The topological polar surface area (TPSA) is 84.9 Å². The molecular weight excluding hydrogens is 440 g/mol. The van der Waals surface area contributed by atoms with Gasteiger partial charge >= 0.3 is 0 Å². The monoisotopic (exact) mass is 460 g/mol. The highest BCUT2D eigenvalue weighted by Gasteiger charge is 2.35. The fourth-order valence-corrected chi connectivity index (χ4v) is 4.46. The lowest BCUT2D eigenvalue weighted by atomic mass is 10.1. The number of amides is 1. The van der Waals surface area contributed by atoms with E-state index < -0.39 is 22.0 Å². The van der Waals surface area contributed by atoms with Gasteiger partial charge in [-0.2, -0.15) is 0 Å². The number of nitrogens with zero attached hydrogens (tertiary/aromatic N) is 1. The molecule has 1 heterocycles. The molecule has 0 fully saturated rings. The second-order valence-electron chi connectivity index (χ2n) is 7.16. The average molecular weight is 461 g/mol. The predicted octanol–water partition coefficient (Wildman–Crippen LogP) is 3.22. The van der Waals surface area contributed by atoms with Gasteiger partial charge in [-0.15, -0.1) is 0 Å². The Morgan fingerprint density at radius 1 is 1.16 bits per heavy atom. The summed E-state index contributed by atoms with van der Waals surface area (Å²) in [6, 6.07) is 18.4. The molecule has 0 aliphatic carbocycles. The lowest BCUT2D eigenvalue weighted by Crippen LogP contribution is -2.51. The summed E-state index contributed by atoms with van der Waals surface area (Å²) in [4.78, 5) is 12.6. The number of hydrogen-bond acceptors (Lipinski definition) is 5.